The molecule has 0 unspecified atom stereocenters. The van der Waals surface area contributed by atoms with Gasteiger partial charge in [-0.25, -0.2) is 14.6 Å². The second-order valence-corrected chi connectivity index (χ2v) is 5.39. The average Bonchev–Trinajstić information content (AvgIpc) is 2.49. The van der Waals surface area contributed by atoms with Crippen LogP contribution in [0.1, 0.15) is 11.1 Å². The lowest BCUT2D eigenvalue weighted by Gasteiger charge is -2.09. The Morgan fingerprint density at radius 1 is 1.14 bits per heavy atom. The standard InChI is InChI=1S/C15H14F2N2OS/c16-12-5-6-13(17)14(8-12)21-9-11-4-2-1-3-10(11)7-15(20)19-18/h1-6,8H,7,9,18H2,(H,19,20). The number of hydrogen-bond acceptors (Lipinski definition) is 3. The first-order valence-electron chi connectivity index (χ1n) is 6.24. The summed E-state index contributed by atoms with van der Waals surface area (Å²) in [6, 6.07) is 10.7. The number of carbonyl (C=O) groups is 1. The fraction of sp³-hybridized carbons (Fsp3) is 0.133. The first-order chi connectivity index (χ1) is 10.1. The van der Waals surface area contributed by atoms with Crippen LogP contribution in [-0.2, 0) is 17.0 Å². The predicted octanol–water partition coefficient (Wildman–Crippen LogP) is 2.79. The topological polar surface area (TPSA) is 55.1 Å². The van der Waals surface area contributed by atoms with E-state index < -0.39 is 11.6 Å². The van der Waals surface area contributed by atoms with Gasteiger partial charge in [0.15, 0.2) is 0 Å². The van der Waals surface area contributed by atoms with Gasteiger partial charge in [-0.15, -0.1) is 11.8 Å². The van der Waals surface area contributed by atoms with E-state index in [1.165, 1.54) is 11.8 Å². The van der Waals surface area contributed by atoms with Crippen LogP contribution in [0.3, 0.4) is 0 Å². The van der Waals surface area contributed by atoms with Gasteiger partial charge in [-0.05, 0) is 29.3 Å². The number of carbonyl (C=O) groups excluding carboxylic acids is 1. The molecule has 2 aromatic rings. The van der Waals surface area contributed by atoms with Gasteiger partial charge in [-0.2, -0.15) is 0 Å². The van der Waals surface area contributed by atoms with E-state index in [9.17, 15) is 13.6 Å². The van der Waals surface area contributed by atoms with Gasteiger partial charge in [0.1, 0.15) is 11.6 Å². The number of nitrogens with one attached hydrogen (secondary N) is 1. The zero-order valence-electron chi connectivity index (χ0n) is 11.1. The first-order valence-corrected chi connectivity index (χ1v) is 7.23. The van der Waals surface area contributed by atoms with Crippen molar-refractivity contribution in [1.29, 1.82) is 0 Å². The molecule has 0 aromatic heterocycles. The summed E-state index contributed by atoms with van der Waals surface area (Å²) in [5, 5.41) is 0. The molecular formula is C15H14F2N2OS. The summed E-state index contributed by atoms with van der Waals surface area (Å²) >= 11 is 1.19. The minimum atomic E-state index is -0.477. The Labute approximate surface area is 125 Å². The maximum atomic E-state index is 13.6. The molecule has 3 nitrogen and oxygen atoms in total. The number of rotatable bonds is 5. The normalized spacial score (nSPS) is 10.4. The molecule has 0 atom stereocenters. The van der Waals surface area contributed by atoms with E-state index >= 15 is 0 Å². The van der Waals surface area contributed by atoms with E-state index in [2.05, 4.69) is 5.43 Å². The molecule has 21 heavy (non-hydrogen) atoms. The number of hydrogen-bond donors (Lipinski definition) is 2. The minimum Gasteiger partial charge on any atom is -0.294 e. The molecule has 0 spiro atoms. The van der Waals surface area contributed by atoms with Gasteiger partial charge in [0.25, 0.3) is 0 Å². The van der Waals surface area contributed by atoms with Crippen LogP contribution in [-0.4, -0.2) is 5.91 Å². The summed E-state index contributed by atoms with van der Waals surface area (Å²) in [5.41, 5.74) is 3.77. The fourth-order valence-corrected chi connectivity index (χ4v) is 2.83. The van der Waals surface area contributed by atoms with Crippen LogP contribution in [0.15, 0.2) is 47.4 Å². The lowest BCUT2D eigenvalue weighted by atomic mass is 10.1. The second-order valence-electron chi connectivity index (χ2n) is 4.38. The summed E-state index contributed by atoms with van der Waals surface area (Å²) < 4.78 is 26.7. The molecule has 0 saturated heterocycles. The van der Waals surface area contributed by atoms with Crippen molar-refractivity contribution in [3.8, 4) is 0 Å². The van der Waals surface area contributed by atoms with Gasteiger partial charge < -0.3 is 0 Å². The highest BCUT2D eigenvalue weighted by Gasteiger charge is 2.09. The Balaban J connectivity index is 2.13. The van der Waals surface area contributed by atoms with E-state index in [1.54, 1.807) is 0 Å². The molecule has 0 saturated carbocycles. The van der Waals surface area contributed by atoms with Crippen molar-refractivity contribution in [1.82, 2.24) is 5.43 Å². The number of benzene rings is 2. The molecule has 0 radical (unpaired) electrons. The molecule has 3 N–H and O–H groups in total. The number of halogens is 2. The van der Waals surface area contributed by atoms with Crippen LogP contribution in [0, 0.1) is 11.6 Å². The van der Waals surface area contributed by atoms with Crippen molar-refractivity contribution in [2.45, 2.75) is 17.1 Å². The number of hydrazine groups is 1. The maximum Gasteiger partial charge on any atom is 0.238 e. The van der Waals surface area contributed by atoms with Crippen LogP contribution in [0.2, 0.25) is 0 Å². The Kier molecular flexibility index (Phi) is 5.30. The van der Waals surface area contributed by atoms with Gasteiger partial charge in [-0.3, -0.25) is 10.2 Å². The monoisotopic (exact) mass is 308 g/mol. The van der Waals surface area contributed by atoms with Crippen molar-refractivity contribution < 1.29 is 13.6 Å². The third-order valence-electron chi connectivity index (χ3n) is 2.91. The molecule has 110 valence electrons. The summed E-state index contributed by atoms with van der Waals surface area (Å²) in [6.07, 6.45) is 0.152. The van der Waals surface area contributed by atoms with Crippen LogP contribution in [0.25, 0.3) is 0 Å². The lowest BCUT2D eigenvalue weighted by Crippen LogP contribution is -2.31. The summed E-state index contributed by atoms with van der Waals surface area (Å²) in [7, 11) is 0. The lowest BCUT2D eigenvalue weighted by molar-refractivity contribution is -0.120. The molecule has 0 bridgehead atoms. The molecule has 6 heteroatoms. The largest absolute Gasteiger partial charge is 0.294 e. The fourth-order valence-electron chi connectivity index (χ4n) is 1.84. The summed E-state index contributed by atoms with van der Waals surface area (Å²) in [5.74, 6) is 4.28. The van der Waals surface area contributed by atoms with Crippen molar-refractivity contribution in [2.75, 3.05) is 0 Å². The SMILES string of the molecule is NNC(=O)Cc1ccccc1CSc1cc(F)ccc1F. The molecule has 0 heterocycles. The van der Waals surface area contributed by atoms with Crippen molar-refractivity contribution >= 4 is 17.7 Å². The molecule has 0 aliphatic carbocycles. The molecule has 0 aliphatic rings. The second kappa shape index (κ2) is 7.19. The van der Waals surface area contributed by atoms with E-state index in [4.69, 9.17) is 5.84 Å². The van der Waals surface area contributed by atoms with Crippen LogP contribution in [0.4, 0.5) is 8.78 Å². The quantitative estimate of drug-likeness (QED) is 0.386. The molecular weight excluding hydrogens is 294 g/mol. The maximum absolute atomic E-state index is 13.6. The van der Waals surface area contributed by atoms with E-state index in [0.717, 1.165) is 29.3 Å². The highest BCUT2D eigenvalue weighted by atomic mass is 32.2. The minimum absolute atomic E-state index is 0.152. The van der Waals surface area contributed by atoms with E-state index in [-0.39, 0.29) is 17.2 Å². The Morgan fingerprint density at radius 3 is 2.57 bits per heavy atom. The van der Waals surface area contributed by atoms with Gasteiger partial charge in [-0.1, -0.05) is 24.3 Å². The van der Waals surface area contributed by atoms with Crippen molar-refractivity contribution in [2.24, 2.45) is 5.84 Å². The van der Waals surface area contributed by atoms with Crippen LogP contribution < -0.4 is 11.3 Å². The van der Waals surface area contributed by atoms with Gasteiger partial charge in [0.2, 0.25) is 5.91 Å². The van der Waals surface area contributed by atoms with Gasteiger partial charge in [0, 0.05) is 10.6 Å². The Hall–Kier alpha value is -1.92. The third-order valence-corrected chi connectivity index (χ3v) is 3.99. The van der Waals surface area contributed by atoms with E-state index in [0.29, 0.717) is 5.75 Å². The Morgan fingerprint density at radius 2 is 1.86 bits per heavy atom. The van der Waals surface area contributed by atoms with Crippen molar-refractivity contribution in [3.63, 3.8) is 0 Å². The van der Waals surface area contributed by atoms with Gasteiger partial charge >= 0.3 is 0 Å². The molecule has 0 aliphatic heterocycles. The van der Waals surface area contributed by atoms with Crippen molar-refractivity contribution in [3.05, 3.63) is 65.2 Å². The number of amides is 1. The zero-order valence-corrected chi connectivity index (χ0v) is 11.9. The summed E-state index contributed by atoms with van der Waals surface area (Å²) in [4.78, 5) is 11.6. The van der Waals surface area contributed by atoms with Crippen LogP contribution >= 0.6 is 11.8 Å². The highest BCUT2D eigenvalue weighted by Crippen LogP contribution is 2.27. The number of thioether (sulfide) groups is 1. The molecule has 2 rings (SSSR count). The van der Waals surface area contributed by atoms with E-state index in [1.807, 2.05) is 24.3 Å². The smallest absolute Gasteiger partial charge is 0.238 e. The van der Waals surface area contributed by atoms with Gasteiger partial charge in [0.05, 0.1) is 6.42 Å². The molecule has 2 aromatic carbocycles. The highest BCUT2D eigenvalue weighted by molar-refractivity contribution is 7.98. The average molecular weight is 308 g/mol. The first kappa shape index (κ1) is 15.5. The molecule has 1 amide bonds. The van der Waals surface area contributed by atoms with Crippen LogP contribution in [0.5, 0.6) is 0 Å². The number of nitrogens with two attached hydrogens (primary N) is 1. The predicted molar refractivity (Wildman–Crippen MR) is 78.4 cm³/mol. The Bertz CT molecular complexity index is 649. The third kappa shape index (κ3) is 4.27. The zero-order chi connectivity index (χ0) is 15.2. The molecule has 0 fully saturated rings. The summed E-state index contributed by atoms with van der Waals surface area (Å²) in [6.45, 7) is 0.